The Morgan fingerprint density at radius 2 is 1.61 bits per heavy atom. The molecule has 0 aliphatic heterocycles. The third-order valence-electron chi connectivity index (χ3n) is 3.64. The third-order valence-corrected chi connectivity index (χ3v) is 3.64. The molecule has 0 aliphatic rings. The first-order valence-corrected chi connectivity index (χ1v) is 9.28. The zero-order valence-corrected chi connectivity index (χ0v) is 17.2. The summed E-state index contributed by atoms with van der Waals surface area (Å²) < 4.78 is 15.1. The van der Waals surface area contributed by atoms with Crippen LogP contribution < -0.4 is 9.62 Å². The van der Waals surface area contributed by atoms with Gasteiger partial charge in [0.1, 0.15) is 5.75 Å². The molecular weight excluding hydrogens is 404 g/mol. The van der Waals surface area contributed by atoms with Gasteiger partial charge in [0, 0.05) is 18.3 Å². The SMILES string of the molecule is C=C(C)C(=O)OOc1ccc(C(=O)Oc2ccc(/C=C/C(=O)OCOCC)cc2)cc1. The van der Waals surface area contributed by atoms with Gasteiger partial charge in [-0.15, -0.1) is 0 Å². The van der Waals surface area contributed by atoms with Crippen LogP contribution in [0, 0.1) is 0 Å². The van der Waals surface area contributed by atoms with Crippen molar-refractivity contribution in [2.24, 2.45) is 0 Å². The number of carbonyl (C=O) groups excluding carboxylic acids is 3. The van der Waals surface area contributed by atoms with Crippen LogP contribution in [0.5, 0.6) is 11.5 Å². The lowest BCUT2D eigenvalue weighted by Gasteiger charge is -2.06. The first-order valence-electron chi connectivity index (χ1n) is 9.28. The van der Waals surface area contributed by atoms with Gasteiger partial charge in [-0.05, 0) is 61.9 Å². The van der Waals surface area contributed by atoms with E-state index < -0.39 is 17.9 Å². The van der Waals surface area contributed by atoms with Crippen LogP contribution in [0.1, 0.15) is 29.8 Å². The maximum absolute atomic E-state index is 12.3. The van der Waals surface area contributed by atoms with Crippen molar-refractivity contribution < 1.29 is 38.4 Å². The van der Waals surface area contributed by atoms with Crippen molar-refractivity contribution in [3.05, 3.63) is 77.9 Å². The Balaban J connectivity index is 1.87. The molecule has 162 valence electrons. The summed E-state index contributed by atoms with van der Waals surface area (Å²) in [5.41, 5.74) is 1.20. The molecule has 8 nitrogen and oxygen atoms in total. The van der Waals surface area contributed by atoms with Gasteiger partial charge < -0.3 is 14.2 Å². The number of hydrogen-bond donors (Lipinski definition) is 0. The van der Waals surface area contributed by atoms with E-state index in [-0.39, 0.29) is 23.7 Å². The minimum absolute atomic E-state index is 0.0959. The number of benzene rings is 2. The van der Waals surface area contributed by atoms with Gasteiger partial charge in [-0.25, -0.2) is 19.3 Å². The lowest BCUT2D eigenvalue weighted by atomic mass is 10.2. The molecule has 0 N–H and O–H groups in total. The molecule has 0 fully saturated rings. The van der Waals surface area contributed by atoms with Gasteiger partial charge in [-0.1, -0.05) is 18.7 Å². The van der Waals surface area contributed by atoms with Crippen LogP contribution in [0.2, 0.25) is 0 Å². The Hall–Kier alpha value is -3.91. The van der Waals surface area contributed by atoms with E-state index in [1.807, 2.05) is 0 Å². The highest BCUT2D eigenvalue weighted by Crippen LogP contribution is 2.17. The molecule has 0 amide bonds. The summed E-state index contributed by atoms with van der Waals surface area (Å²) in [5, 5.41) is 0. The molecule has 0 saturated carbocycles. The first kappa shape index (κ1) is 23.4. The molecule has 0 bridgehead atoms. The minimum Gasteiger partial charge on any atom is -0.435 e. The standard InChI is InChI=1S/C23H22O8/c1-4-27-15-28-21(24)14-7-17-5-10-19(11-6-17)29-23(26)18-8-12-20(13-9-18)30-31-22(25)16(2)3/h5-14H,2,4,15H2,1,3H3/b14-7+. The van der Waals surface area contributed by atoms with E-state index in [2.05, 4.69) is 11.5 Å². The number of rotatable bonds is 10. The summed E-state index contributed by atoms with van der Waals surface area (Å²) >= 11 is 0. The summed E-state index contributed by atoms with van der Waals surface area (Å²) in [5.74, 6) is -1.22. The molecule has 2 rings (SSSR count). The molecule has 0 unspecified atom stereocenters. The highest BCUT2D eigenvalue weighted by molar-refractivity contribution is 5.91. The van der Waals surface area contributed by atoms with Crippen molar-refractivity contribution in [3.63, 3.8) is 0 Å². The van der Waals surface area contributed by atoms with Crippen molar-refractivity contribution in [2.45, 2.75) is 13.8 Å². The zero-order chi connectivity index (χ0) is 22.6. The number of esters is 2. The van der Waals surface area contributed by atoms with Gasteiger partial charge >= 0.3 is 17.9 Å². The van der Waals surface area contributed by atoms with Gasteiger partial charge in [0.2, 0.25) is 0 Å². The van der Waals surface area contributed by atoms with E-state index in [1.165, 1.54) is 37.3 Å². The fourth-order valence-corrected chi connectivity index (χ4v) is 2.01. The van der Waals surface area contributed by atoms with Gasteiger partial charge in [-0.3, -0.25) is 4.89 Å². The van der Waals surface area contributed by atoms with Gasteiger partial charge in [0.15, 0.2) is 12.5 Å². The predicted molar refractivity (Wildman–Crippen MR) is 111 cm³/mol. The highest BCUT2D eigenvalue weighted by Gasteiger charge is 2.10. The van der Waals surface area contributed by atoms with Crippen LogP contribution in [-0.4, -0.2) is 31.3 Å². The summed E-state index contributed by atoms with van der Waals surface area (Å²) in [4.78, 5) is 44.5. The third kappa shape index (κ3) is 8.15. The second-order valence-corrected chi connectivity index (χ2v) is 6.12. The number of hydrogen-bond acceptors (Lipinski definition) is 8. The average Bonchev–Trinajstić information content (AvgIpc) is 2.77. The monoisotopic (exact) mass is 426 g/mol. The van der Waals surface area contributed by atoms with E-state index in [4.69, 9.17) is 19.1 Å². The van der Waals surface area contributed by atoms with Crippen molar-refractivity contribution in [1.29, 1.82) is 0 Å². The molecule has 2 aromatic carbocycles. The lowest BCUT2D eigenvalue weighted by molar-refractivity contribution is -0.208. The molecular formula is C23H22O8. The zero-order valence-electron chi connectivity index (χ0n) is 17.2. The second kappa shape index (κ2) is 11.9. The fraction of sp³-hybridized carbons (Fsp3) is 0.174. The molecule has 0 radical (unpaired) electrons. The minimum atomic E-state index is -0.691. The van der Waals surface area contributed by atoms with E-state index in [1.54, 1.807) is 37.3 Å². The maximum atomic E-state index is 12.3. The summed E-state index contributed by atoms with van der Waals surface area (Å²) in [7, 11) is 0. The summed E-state index contributed by atoms with van der Waals surface area (Å²) in [6, 6.07) is 12.4. The first-order chi connectivity index (χ1) is 14.9. The van der Waals surface area contributed by atoms with Gasteiger partial charge in [-0.2, -0.15) is 0 Å². The molecule has 2 aromatic rings. The average molecular weight is 426 g/mol. The quantitative estimate of drug-likeness (QED) is 0.107. The Labute approximate surface area is 179 Å². The maximum Gasteiger partial charge on any atom is 0.381 e. The molecule has 8 heteroatoms. The van der Waals surface area contributed by atoms with Gasteiger partial charge in [0.25, 0.3) is 0 Å². The van der Waals surface area contributed by atoms with Crippen molar-refractivity contribution in [1.82, 2.24) is 0 Å². The van der Waals surface area contributed by atoms with E-state index in [9.17, 15) is 14.4 Å². The highest BCUT2D eigenvalue weighted by atomic mass is 17.2. The van der Waals surface area contributed by atoms with Crippen LogP contribution in [0.25, 0.3) is 6.08 Å². The Bertz CT molecular complexity index is 943. The van der Waals surface area contributed by atoms with Crippen molar-refractivity contribution in [3.8, 4) is 11.5 Å². The van der Waals surface area contributed by atoms with Gasteiger partial charge in [0.05, 0.1) is 5.56 Å². The Morgan fingerprint density at radius 1 is 0.968 bits per heavy atom. The molecule has 31 heavy (non-hydrogen) atoms. The van der Waals surface area contributed by atoms with Crippen LogP contribution >= 0.6 is 0 Å². The molecule has 0 heterocycles. The van der Waals surface area contributed by atoms with Crippen LogP contribution in [0.15, 0.2) is 66.8 Å². The Morgan fingerprint density at radius 3 is 2.23 bits per heavy atom. The molecule has 0 atom stereocenters. The Kier molecular flexibility index (Phi) is 9.00. The van der Waals surface area contributed by atoms with Crippen LogP contribution in [0.3, 0.4) is 0 Å². The van der Waals surface area contributed by atoms with Crippen LogP contribution in [0.4, 0.5) is 0 Å². The van der Waals surface area contributed by atoms with E-state index >= 15 is 0 Å². The molecule has 0 spiro atoms. The smallest absolute Gasteiger partial charge is 0.381 e. The van der Waals surface area contributed by atoms with E-state index in [0.29, 0.717) is 12.4 Å². The van der Waals surface area contributed by atoms with Crippen molar-refractivity contribution in [2.75, 3.05) is 13.4 Å². The summed E-state index contributed by atoms with van der Waals surface area (Å²) in [6.07, 6.45) is 2.84. The molecule has 0 aliphatic carbocycles. The molecule has 0 saturated heterocycles. The van der Waals surface area contributed by atoms with E-state index in [0.717, 1.165) is 5.56 Å². The fourth-order valence-electron chi connectivity index (χ4n) is 2.01. The predicted octanol–water partition coefficient (Wildman–Crippen LogP) is 3.87. The molecule has 0 aromatic heterocycles. The van der Waals surface area contributed by atoms with Crippen molar-refractivity contribution >= 4 is 24.0 Å². The normalized spacial score (nSPS) is 10.4. The topological polar surface area (TPSA) is 97.4 Å². The number of ether oxygens (including phenoxy) is 3. The van der Waals surface area contributed by atoms with Crippen LogP contribution in [-0.2, 0) is 24.0 Å². The lowest BCUT2D eigenvalue weighted by Crippen LogP contribution is -2.10. The number of carbonyl (C=O) groups is 3. The largest absolute Gasteiger partial charge is 0.435 e. The summed E-state index contributed by atoms with van der Waals surface area (Å²) in [6.45, 7) is 7.09. The second-order valence-electron chi connectivity index (χ2n) is 6.12.